The minimum absolute atomic E-state index is 0.0603. The molecule has 37 heavy (non-hydrogen) atoms. The van der Waals surface area contributed by atoms with Crippen molar-refractivity contribution in [3.05, 3.63) is 63.6 Å². The van der Waals surface area contributed by atoms with Crippen molar-refractivity contribution in [2.45, 2.75) is 58.9 Å². The van der Waals surface area contributed by atoms with Crippen molar-refractivity contribution in [1.29, 1.82) is 0 Å². The number of nitrogens with one attached hydrogen (secondary N) is 3. The van der Waals surface area contributed by atoms with Crippen LogP contribution < -0.4 is 16.0 Å². The fourth-order valence-electron chi connectivity index (χ4n) is 4.95. The second-order valence-electron chi connectivity index (χ2n) is 10.7. The normalized spacial score (nSPS) is 18.5. The first kappa shape index (κ1) is 28.8. The zero-order valence-electron chi connectivity index (χ0n) is 21.4. The van der Waals surface area contributed by atoms with E-state index in [2.05, 4.69) is 36.7 Å². The first-order valence-electron chi connectivity index (χ1n) is 12.6. The Morgan fingerprint density at radius 2 is 1.57 bits per heavy atom. The summed E-state index contributed by atoms with van der Waals surface area (Å²) in [6.45, 7) is 6.89. The Kier molecular flexibility index (Phi) is 9.85. The Balaban J connectivity index is 1.75. The molecule has 1 fully saturated rings. The molecule has 0 bridgehead atoms. The minimum atomic E-state index is -0.968. The van der Waals surface area contributed by atoms with Gasteiger partial charge in [0.05, 0.1) is 12.5 Å². The van der Waals surface area contributed by atoms with Crippen LogP contribution >= 0.6 is 23.2 Å². The maximum absolute atomic E-state index is 13.0. The van der Waals surface area contributed by atoms with E-state index < -0.39 is 5.97 Å². The monoisotopic (exact) mass is 547 g/mol. The number of urea groups is 1. The van der Waals surface area contributed by atoms with Gasteiger partial charge in [0.1, 0.15) is 0 Å². The first-order chi connectivity index (χ1) is 17.4. The lowest BCUT2D eigenvalue weighted by Crippen LogP contribution is -2.38. The average molecular weight is 549 g/mol. The molecule has 2 aromatic carbocycles. The van der Waals surface area contributed by atoms with Gasteiger partial charge in [-0.15, -0.1) is 0 Å². The van der Waals surface area contributed by atoms with Gasteiger partial charge in [0.25, 0.3) is 5.91 Å². The Morgan fingerprint density at radius 1 is 0.973 bits per heavy atom. The van der Waals surface area contributed by atoms with E-state index in [0.717, 1.165) is 31.2 Å². The number of carboxylic acid groups (broad SMARTS) is 1. The number of amides is 3. The number of hydrogen-bond donors (Lipinski definition) is 4. The molecule has 0 heterocycles. The van der Waals surface area contributed by atoms with Crippen molar-refractivity contribution in [3.8, 4) is 0 Å². The Morgan fingerprint density at radius 3 is 2.11 bits per heavy atom. The van der Waals surface area contributed by atoms with Gasteiger partial charge < -0.3 is 21.1 Å². The molecule has 0 radical (unpaired) electrons. The lowest BCUT2D eigenvalue weighted by atomic mass is 9.68. The van der Waals surface area contributed by atoms with E-state index in [1.165, 1.54) is 0 Å². The van der Waals surface area contributed by atoms with Gasteiger partial charge in [-0.25, -0.2) is 4.79 Å². The van der Waals surface area contributed by atoms with Gasteiger partial charge in [0.2, 0.25) is 0 Å². The third-order valence-corrected chi connectivity index (χ3v) is 7.47. The van der Waals surface area contributed by atoms with Crippen molar-refractivity contribution < 1.29 is 19.5 Å². The Bertz CT molecular complexity index is 1090. The van der Waals surface area contributed by atoms with E-state index in [4.69, 9.17) is 28.3 Å². The molecule has 0 aliphatic heterocycles. The number of carboxylic acids is 1. The maximum Gasteiger partial charge on any atom is 0.319 e. The number of halogens is 2. The van der Waals surface area contributed by atoms with E-state index in [1.807, 2.05) is 12.1 Å². The molecule has 3 rings (SSSR count). The van der Waals surface area contributed by atoms with Crippen LogP contribution in [-0.4, -0.2) is 29.6 Å². The van der Waals surface area contributed by atoms with Crippen LogP contribution in [0.4, 0.5) is 10.5 Å². The lowest BCUT2D eigenvalue weighted by molar-refractivity contribution is -0.136. The quantitative estimate of drug-likeness (QED) is 0.287. The summed E-state index contributed by atoms with van der Waals surface area (Å²) in [6, 6.07) is 11.4. The molecule has 3 amide bonds. The van der Waals surface area contributed by atoms with Crippen molar-refractivity contribution in [2.75, 3.05) is 11.9 Å². The molecule has 0 saturated heterocycles. The van der Waals surface area contributed by atoms with Gasteiger partial charge in [-0.3, -0.25) is 9.59 Å². The van der Waals surface area contributed by atoms with Crippen LogP contribution in [0, 0.1) is 17.3 Å². The highest BCUT2D eigenvalue weighted by Gasteiger charge is 2.34. The molecule has 2 aromatic rings. The topological polar surface area (TPSA) is 108 Å². The molecule has 1 atom stereocenters. The number of carbonyl (C=O) groups is 3. The van der Waals surface area contributed by atoms with Crippen LogP contribution in [0.2, 0.25) is 10.0 Å². The molecule has 1 saturated carbocycles. The fraction of sp³-hybridized carbons (Fsp3) is 0.464. The summed E-state index contributed by atoms with van der Waals surface area (Å²) in [4.78, 5) is 36.1. The predicted octanol–water partition coefficient (Wildman–Crippen LogP) is 6.91. The molecule has 4 N–H and O–H groups in total. The van der Waals surface area contributed by atoms with Crippen molar-refractivity contribution >= 4 is 46.8 Å². The van der Waals surface area contributed by atoms with Crippen LogP contribution in [0.5, 0.6) is 0 Å². The van der Waals surface area contributed by atoms with Crippen molar-refractivity contribution in [1.82, 2.24) is 10.6 Å². The van der Waals surface area contributed by atoms with Crippen LogP contribution in [0.15, 0.2) is 42.5 Å². The Labute approximate surface area is 228 Å². The van der Waals surface area contributed by atoms with Crippen LogP contribution in [0.3, 0.4) is 0 Å². The number of aliphatic carboxylic acids is 1. The summed E-state index contributed by atoms with van der Waals surface area (Å²) in [5.41, 5.74) is 2.08. The molecule has 200 valence electrons. The first-order valence-corrected chi connectivity index (χ1v) is 13.3. The van der Waals surface area contributed by atoms with E-state index >= 15 is 0 Å². The molecule has 0 aromatic heterocycles. The molecular formula is C28H35Cl2N3O4. The SMILES string of the molecule is CC(C)(C)[C@H]1CC[C@H](C(NC(=O)Nc2cc(Cl)cc(Cl)c2)c2ccc(C(=O)NCCC(=O)O)cc2)CC1. The molecule has 1 unspecified atom stereocenters. The third kappa shape index (κ3) is 8.64. The number of hydrogen-bond acceptors (Lipinski definition) is 3. The van der Waals surface area contributed by atoms with E-state index in [9.17, 15) is 14.4 Å². The van der Waals surface area contributed by atoms with Crippen LogP contribution in [0.1, 0.15) is 74.8 Å². The zero-order chi connectivity index (χ0) is 27.2. The Hall–Kier alpha value is -2.77. The summed E-state index contributed by atoms with van der Waals surface area (Å²) < 4.78 is 0. The summed E-state index contributed by atoms with van der Waals surface area (Å²) in [5.74, 6) is -0.436. The van der Waals surface area contributed by atoms with Crippen molar-refractivity contribution in [3.63, 3.8) is 0 Å². The van der Waals surface area contributed by atoms with Gasteiger partial charge in [-0.2, -0.15) is 0 Å². The molecule has 7 nitrogen and oxygen atoms in total. The van der Waals surface area contributed by atoms with Gasteiger partial charge >= 0.3 is 12.0 Å². The van der Waals surface area contributed by atoms with Crippen LogP contribution in [0.25, 0.3) is 0 Å². The number of anilines is 1. The van der Waals surface area contributed by atoms with Gasteiger partial charge in [-0.05, 0) is 78.8 Å². The highest BCUT2D eigenvalue weighted by Crippen LogP contribution is 2.43. The highest BCUT2D eigenvalue weighted by molar-refractivity contribution is 6.35. The smallest absolute Gasteiger partial charge is 0.319 e. The molecule has 9 heteroatoms. The van der Waals surface area contributed by atoms with Crippen LogP contribution in [-0.2, 0) is 4.79 Å². The fourth-order valence-corrected chi connectivity index (χ4v) is 5.48. The molecule has 1 aliphatic carbocycles. The lowest BCUT2D eigenvalue weighted by Gasteiger charge is -2.39. The summed E-state index contributed by atoms with van der Waals surface area (Å²) in [6.07, 6.45) is 3.99. The second-order valence-corrected chi connectivity index (χ2v) is 11.6. The molecular weight excluding hydrogens is 513 g/mol. The van der Waals surface area contributed by atoms with Gasteiger partial charge in [0, 0.05) is 27.8 Å². The number of benzene rings is 2. The second kappa shape index (κ2) is 12.7. The molecule has 1 aliphatic rings. The summed E-state index contributed by atoms with van der Waals surface area (Å²) in [5, 5.41) is 18.2. The number of carbonyl (C=O) groups excluding carboxylic acids is 2. The van der Waals surface area contributed by atoms with Gasteiger partial charge in [0.15, 0.2) is 0 Å². The van der Waals surface area contributed by atoms with E-state index in [0.29, 0.717) is 27.2 Å². The minimum Gasteiger partial charge on any atom is -0.481 e. The van der Waals surface area contributed by atoms with Crippen molar-refractivity contribution in [2.24, 2.45) is 17.3 Å². The van der Waals surface area contributed by atoms with Gasteiger partial charge in [-0.1, -0.05) is 56.1 Å². The summed E-state index contributed by atoms with van der Waals surface area (Å²) in [7, 11) is 0. The maximum atomic E-state index is 13.0. The number of rotatable bonds is 8. The zero-order valence-corrected chi connectivity index (χ0v) is 23.0. The predicted molar refractivity (Wildman–Crippen MR) is 147 cm³/mol. The highest BCUT2D eigenvalue weighted by atomic mass is 35.5. The van der Waals surface area contributed by atoms with E-state index in [1.54, 1.807) is 30.3 Å². The summed E-state index contributed by atoms with van der Waals surface area (Å²) >= 11 is 12.2. The largest absolute Gasteiger partial charge is 0.481 e. The third-order valence-electron chi connectivity index (χ3n) is 7.03. The average Bonchev–Trinajstić information content (AvgIpc) is 2.81. The van der Waals surface area contributed by atoms with E-state index in [-0.39, 0.29) is 42.3 Å². The molecule has 0 spiro atoms. The standard InChI is InChI=1S/C28H35Cl2N3O4/c1-28(2,3)20-10-8-18(9-11-20)25(33-27(37)32-23-15-21(29)14-22(30)16-23)17-4-6-19(7-5-17)26(36)31-13-12-24(34)35/h4-7,14-16,18,20,25H,8-13H2,1-3H3,(H,31,36)(H,34,35)(H2,32,33,37)/t18-,20-,25?.